The molecule has 0 fully saturated rings. The number of para-hydroxylation sites is 1. The molecule has 0 unspecified atom stereocenters. The molecule has 0 radical (unpaired) electrons. The molecule has 1 amide bonds. The van der Waals surface area contributed by atoms with Gasteiger partial charge in [-0.05, 0) is 37.3 Å². The first-order valence-corrected chi connectivity index (χ1v) is 7.89. The van der Waals surface area contributed by atoms with E-state index in [1.54, 1.807) is 37.3 Å². The summed E-state index contributed by atoms with van der Waals surface area (Å²) in [5.74, 6) is 1.89. The Labute approximate surface area is 142 Å². The van der Waals surface area contributed by atoms with Crippen molar-refractivity contribution in [3.63, 3.8) is 0 Å². The summed E-state index contributed by atoms with van der Waals surface area (Å²) in [4.78, 5) is 14.1. The van der Waals surface area contributed by atoms with Crippen LogP contribution in [0.5, 0.6) is 17.2 Å². The van der Waals surface area contributed by atoms with Gasteiger partial charge in [0.25, 0.3) is 5.91 Å². The maximum atomic E-state index is 12.5. The van der Waals surface area contributed by atoms with Crippen molar-refractivity contribution in [2.75, 3.05) is 33.9 Å². The van der Waals surface area contributed by atoms with Gasteiger partial charge in [-0.25, -0.2) is 0 Å². The number of amides is 1. The molecule has 5 nitrogen and oxygen atoms in total. The number of ether oxygens (including phenoxy) is 3. The van der Waals surface area contributed by atoms with Crippen molar-refractivity contribution in [3.05, 3.63) is 54.1 Å². The fourth-order valence-electron chi connectivity index (χ4n) is 2.21. The summed E-state index contributed by atoms with van der Waals surface area (Å²) >= 11 is 0. The Kier molecular flexibility index (Phi) is 6.49. The molecule has 0 heterocycles. The number of carbonyl (C=O) groups is 1. The fourth-order valence-corrected chi connectivity index (χ4v) is 2.21. The number of nitrogens with zero attached hydrogens (tertiary/aromatic N) is 1. The van der Waals surface area contributed by atoms with Crippen molar-refractivity contribution in [1.29, 1.82) is 0 Å². The molecular weight excluding hydrogens is 306 g/mol. The molecule has 0 N–H and O–H groups in total. The van der Waals surface area contributed by atoms with E-state index in [2.05, 4.69) is 0 Å². The predicted octanol–water partition coefficient (Wildman–Crippen LogP) is 3.24. The molecule has 0 aliphatic heterocycles. The van der Waals surface area contributed by atoms with E-state index in [1.807, 2.05) is 37.3 Å². The Bertz CT molecular complexity index is 658. The lowest BCUT2D eigenvalue weighted by Crippen LogP contribution is -2.30. The van der Waals surface area contributed by atoms with Crippen molar-refractivity contribution >= 4 is 5.91 Å². The Hall–Kier alpha value is -2.69. The van der Waals surface area contributed by atoms with Gasteiger partial charge < -0.3 is 19.1 Å². The van der Waals surface area contributed by atoms with Gasteiger partial charge in [0.2, 0.25) is 0 Å². The molecule has 0 aromatic heterocycles. The normalized spacial score (nSPS) is 10.1. The van der Waals surface area contributed by atoms with E-state index in [4.69, 9.17) is 14.2 Å². The van der Waals surface area contributed by atoms with Crippen molar-refractivity contribution in [3.8, 4) is 17.2 Å². The zero-order valence-corrected chi connectivity index (χ0v) is 14.3. The topological polar surface area (TPSA) is 48.0 Å². The van der Waals surface area contributed by atoms with Crippen LogP contribution in [0, 0.1) is 0 Å². The standard InChI is InChI=1S/C19H23NO4/c1-4-23-17-11-10-15(14-18(17)22-3)19(21)20(2)12-13-24-16-8-6-5-7-9-16/h5-11,14H,4,12-13H2,1-3H3. The zero-order valence-electron chi connectivity index (χ0n) is 14.3. The number of hydrogen-bond acceptors (Lipinski definition) is 4. The third-order valence-electron chi connectivity index (χ3n) is 3.50. The second-order valence-electron chi connectivity index (χ2n) is 5.19. The number of hydrogen-bond donors (Lipinski definition) is 0. The van der Waals surface area contributed by atoms with Crippen molar-refractivity contribution in [2.45, 2.75) is 6.92 Å². The molecule has 2 aromatic rings. The molecule has 2 aromatic carbocycles. The van der Waals surface area contributed by atoms with Crippen LogP contribution in [0.2, 0.25) is 0 Å². The molecule has 0 aliphatic rings. The largest absolute Gasteiger partial charge is 0.493 e. The van der Waals surface area contributed by atoms with Gasteiger partial charge in [0.1, 0.15) is 12.4 Å². The van der Waals surface area contributed by atoms with E-state index < -0.39 is 0 Å². The van der Waals surface area contributed by atoms with E-state index >= 15 is 0 Å². The minimum atomic E-state index is -0.0898. The van der Waals surface area contributed by atoms with Crippen molar-refractivity contribution in [1.82, 2.24) is 4.90 Å². The maximum Gasteiger partial charge on any atom is 0.253 e. The number of rotatable bonds is 8. The fraction of sp³-hybridized carbons (Fsp3) is 0.316. The van der Waals surface area contributed by atoms with Gasteiger partial charge in [-0.2, -0.15) is 0 Å². The van der Waals surface area contributed by atoms with Gasteiger partial charge in [0.05, 0.1) is 20.3 Å². The average molecular weight is 329 g/mol. The Morgan fingerprint density at radius 3 is 2.46 bits per heavy atom. The molecule has 128 valence electrons. The number of carbonyl (C=O) groups excluding carboxylic acids is 1. The lowest BCUT2D eigenvalue weighted by atomic mass is 10.1. The highest BCUT2D eigenvalue weighted by molar-refractivity contribution is 5.94. The van der Waals surface area contributed by atoms with Crippen LogP contribution in [0.4, 0.5) is 0 Å². The van der Waals surface area contributed by atoms with Crippen LogP contribution in [0.25, 0.3) is 0 Å². The molecular formula is C19H23NO4. The van der Waals surface area contributed by atoms with Crippen molar-refractivity contribution < 1.29 is 19.0 Å². The van der Waals surface area contributed by atoms with Gasteiger partial charge in [0.15, 0.2) is 11.5 Å². The summed E-state index contributed by atoms with van der Waals surface area (Å²) < 4.78 is 16.4. The van der Waals surface area contributed by atoms with Crippen molar-refractivity contribution in [2.24, 2.45) is 0 Å². The minimum absolute atomic E-state index is 0.0898. The van der Waals surface area contributed by atoms with Crippen LogP contribution >= 0.6 is 0 Å². The van der Waals surface area contributed by atoms with Gasteiger partial charge in [-0.15, -0.1) is 0 Å². The molecule has 0 bridgehead atoms. The summed E-state index contributed by atoms with van der Waals surface area (Å²) in [6.45, 7) is 3.36. The molecule has 0 saturated heterocycles. The molecule has 5 heteroatoms. The highest BCUT2D eigenvalue weighted by Gasteiger charge is 2.15. The zero-order chi connectivity index (χ0) is 17.4. The SMILES string of the molecule is CCOc1ccc(C(=O)N(C)CCOc2ccccc2)cc1OC. The first kappa shape index (κ1) is 17.7. The highest BCUT2D eigenvalue weighted by atomic mass is 16.5. The van der Waals surface area contributed by atoms with Crippen LogP contribution < -0.4 is 14.2 Å². The summed E-state index contributed by atoms with van der Waals surface area (Å²) in [6, 6.07) is 14.7. The lowest BCUT2D eigenvalue weighted by Gasteiger charge is -2.18. The quantitative estimate of drug-likeness (QED) is 0.746. The number of benzene rings is 2. The first-order chi connectivity index (χ1) is 11.7. The van der Waals surface area contributed by atoms with Crippen LogP contribution in [0.1, 0.15) is 17.3 Å². The summed E-state index contributed by atoms with van der Waals surface area (Å²) in [6.07, 6.45) is 0. The molecule has 0 spiro atoms. The molecule has 24 heavy (non-hydrogen) atoms. The molecule has 0 atom stereocenters. The number of likely N-dealkylation sites (N-methyl/N-ethyl adjacent to an activating group) is 1. The summed E-state index contributed by atoms with van der Waals surface area (Å²) in [7, 11) is 3.31. The molecule has 0 saturated carbocycles. The summed E-state index contributed by atoms with van der Waals surface area (Å²) in [5.41, 5.74) is 0.553. The van der Waals surface area contributed by atoms with E-state index in [0.717, 1.165) is 5.75 Å². The first-order valence-electron chi connectivity index (χ1n) is 7.89. The van der Waals surface area contributed by atoms with Gasteiger partial charge in [-0.3, -0.25) is 4.79 Å². The van der Waals surface area contributed by atoms with Crippen LogP contribution in [-0.4, -0.2) is 44.7 Å². The molecule has 0 aliphatic carbocycles. The van der Waals surface area contributed by atoms with Crippen LogP contribution in [0.3, 0.4) is 0 Å². The van der Waals surface area contributed by atoms with Gasteiger partial charge in [-0.1, -0.05) is 18.2 Å². The molecule has 2 rings (SSSR count). The third-order valence-corrected chi connectivity index (χ3v) is 3.50. The monoisotopic (exact) mass is 329 g/mol. The van der Waals surface area contributed by atoms with Crippen LogP contribution in [0.15, 0.2) is 48.5 Å². The number of methoxy groups -OCH3 is 1. The average Bonchev–Trinajstić information content (AvgIpc) is 2.62. The second-order valence-corrected chi connectivity index (χ2v) is 5.19. The second kappa shape index (κ2) is 8.82. The van der Waals surface area contributed by atoms with Crippen LogP contribution in [-0.2, 0) is 0 Å². The minimum Gasteiger partial charge on any atom is -0.493 e. The third kappa shape index (κ3) is 4.65. The van der Waals surface area contributed by atoms with E-state index in [1.165, 1.54) is 0 Å². The summed E-state index contributed by atoms with van der Waals surface area (Å²) in [5, 5.41) is 0. The van der Waals surface area contributed by atoms with Gasteiger partial charge >= 0.3 is 0 Å². The lowest BCUT2D eigenvalue weighted by molar-refractivity contribution is 0.0773. The maximum absolute atomic E-state index is 12.5. The predicted molar refractivity (Wildman–Crippen MR) is 93.1 cm³/mol. The Morgan fingerprint density at radius 2 is 1.79 bits per heavy atom. The Morgan fingerprint density at radius 1 is 1.04 bits per heavy atom. The smallest absolute Gasteiger partial charge is 0.253 e. The highest BCUT2D eigenvalue weighted by Crippen LogP contribution is 2.28. The Balaban J connectivity index is 1.94. The van der Waals surface area contributed by atoms with E-state index in [0.29, 0.717) is 36.8 Å². The van der Waals surface area contributed by atoms with E-state index in [-0.39, 0.29) is 5.91 Å². The van der Waals surface area contributed by atoms with E-state index in [9.17, 15) is 4.79 Å². The van der Waals surface area contributed by atoms with Gasteiger partial charge in [0, 0.05) is 12.6 Å².